The van der Waals surface area contributed by atoms with Crippen LogP contribution in [0.25, 0.3) is 33.1 Å². The van der Waals surface area contributed by atoms with Gasteiger partial charge in [0.2, 0.25) is 0 Å². The zero-order valence-electron chi connectivity index (χ0n) is 18.6. The summed E-state index contributed by atoms with van der Waals surface area (Å²) >= 11 is 17.8. The quantitative estimate of drug-likeness (QED) is 0.163. The highest BCUT2D eigenvalue weighted by Gasteiger charge is 2.34. The molecule has 0 saturated carbocycles. The summed E-state index contributed by atoms with van der Waals surface area (Å²) < 4.78 is 39.7. The van der Waals surface area contributed by atoms with Crippen molar-refractivity contribution in [2.75, 3.05) is 0 Å². The molecule has 37 heavy (non-hydrogen) atoms. The van der Waals surface area contributed by atoms with Gasteiger partial charge in [0.15, 0.2) is 12.6 Å². The van der Waals surface area contributed by atoms with E-state index in [-0.39, 0.29) is 22.0 Å². The Labute approximate surface area is 223 Å². The van der Waals surface area contributed by atoms with Crippen LogP contribution in [-0.4, -0.2) is 22.5 Å². The molecule has 10 heteroatoms. The van der Waals surface area contributed by atoms with Gasteiger partial charge in [0.05, 0.1) is 37.9 Å². The van der Waals surface area contributed by atoms with Gasteiger partial charge in [-0.3, -0.25) is 9.59 Å². The molecule has 186 valence electrons. The van der Waals surface area contributed by atoms with Crippen molar-refractivity contribution < 1.29 is 22.8 Å². The molecular weight excluding hydrogens is 548 g/mol. The van der Waals surface area contributed by atoms with Crippen LogP contribution in [0.15, 0.2) is 72.8 Å². The maximum absolute atomic E-state index is 13.2. The van der Waals surface area contributed by atoms with E-state index in [0.29, 0.717) is 44.6 Å². The predicted octanol–water partition coefficient (Wildman–Crippen LogP) is 8.74. The van der Waals surface area contributed by atoms with Crippen molar-refractivity contribution in [3.8, 4) is 11.3 Å². The van der Waals surface area contributed by atoms with Gasteiger partial charge in [0.1, 0.15) is 5.15 Å². The molecule has 4 nitrogen and oxygen atoms in total. The highest BCUT2D eigenvalue weighted by atomic mass is 35.5. The van der Waals surface area contributed by atoms with Crippen LogP contribution >= 0.6 is 34.8 Å². The summed E-state index contributed by atoms with van der Waals surface area (Å²) in [5.41, 5.74) is 0.397. The van der Waals surface area contributed by atoms with Crippen LogP contribution in [0.3, 0.4) is 0 Å². The number of halogens is 6. The number of hydrogen-bond acceptors (Lipinski definition) is 4. The number of fused-ring (bicyclic) bond motifs is 2. The predicted molar refractivity (Wildman–Crippen MR) is 140 cm³/mol. The van der Waals surface area contributed by atoms with Gasteiger partial charge in [0.25, 0.3) is 0 Å². The second-order valence-corrected chi connectivity index (χ2v) is 8.87. The largest absolute Gasteiger partial charge is 0.417 e. The molecule has 2 heterocycles. The van der Waals surface area contributed by atoms with Crippen LogP contribution in [0, 0.1) is 0 Å². The molecule has 0 atom stereocenters. The first-order valence-electron chi connectivity index (χ1n) is 10.5. The summed E-state index contributed by atoms with van der Waals surface area (Å²) in [7, 11) is 0. The lowest BCUT2D eigenvalue weighted by Gasteiger charge is -2.14. The molecule has 0 spiro atoms. The average Bonchev–Trinajstić information content (AvgIpc) is 2.88. The number of nitrogens with zero attached hydrogens (tertiary/aromatic N) is 2. The number of aldehydes is 2. The maximum atomic E-state index is 13.2. The Hall–Kier alpha value is -3.52. The third kappa shape index (κ3) is 5.59. The number of aromatic nitrogens is 2. The molecule has 0 fully saturated rings. The summed E-state index contributed by atoms with van der Waals surface area (Å²) in [6, 6.07) is 18.5. The number of benzene rings is 3. The van der Waals surface area contributed by atoms with Crippen LogP contribution in [0.2, 0.25) is 15.2 Å². The Bertz CT molecular complexity index is 1660. The van der Waals surface area contributed by atoms with E-state index in [1.165, 1.54) is 24.3 Å². The van der Waals surface area contributed by atoms with Crippen LogP contribution in [0.4, 0.5) is 13.2 Å². The van der Waals surface area contributed by atoms with E-state index in [9.17, 15) is 22.8 Å². The van der Waals surface area contributed by atoms with Crippen molar-refractivity contribution in [2.24, 2.45) is 0 Å². The lowest BCUT2D eigenvalue weighted by molar-refractivity contribution is -0.137. The molecule has 0 aliphatic heterocycles. The smallest absolute Gasteiger partial charge is 0.298 e. The van der Waals surface area contributed by atoms with E-state index in [0.717, 1.165) is 11.5 Å². The molecule has 0 N–H and O–H groups in total. The molecule has 5 rings (SSSR count). The molecule has 0 aliphatic carbocycles. The van der Waals surface area contributed by atoms with E-state index in [2.05, 4.69) is 9.97 Å². The molecular formula is C27H14Cl3F3N2O2. The van der Waals surface area contributed by atoms with E-state index >= 15 is 0 Å². The summed E-state index contributed by atoms with van der Waals surface area (Å²) in [6.45, 7) is 0. The number of alkyl halides is 3. The zero-order chi connectivity index (χ0) is 26.7. The molecule has 5 aromatic rings. The van der Waals surface area contributed by atoms with Crippen molar-refractivity contribution >= 4 is 69.2 Å². The second kappa shape index (κ2) is 10.8. The molecule has 0 amide bonds. The fourth-order valence-corrected chi connectivity index (χ4v) is 4.29. The van der Waals surface area contributed by atoms with E-state index in [4.69, 9.17) is 34.8 Å². The summed E-state index contributed by atoms with van der Waals surface area (Å²) in [5.74, 6) is 0. The highest BCUT2D eigenvalue weighted by molar-refractivity contribution is 6.36. The average molecular weight is 562 g/mol. The zero-order valence-corrected chi connectivity index (χ0v) is 20.8. The number of para-hydroxylation sites is 2. The molecule has 0 radical (unpaired) electrons. The number of carbonyl (C=O) groups is 2. The molecule has 0 aliphatic rings. The van der Waals surface area contributed by atoms with Crippen molar-refractivity contribution in [3.05, 3.63) is 105 Å². The minimum Gasteiger partial charge on any atom is -0.298 e. The first-order chi connectivity index (χ1) is 17.6. The molecule has 0 bridgehead atoms. The third-order valence-electron chi connectivity index (χ3n) is 5.34. The lowest BCUT2D eigenvalue weighted by Crippen LogP contribution is -2.08. The SMILES string of the molecule is O=Cc1cc2cccc(Cl)c2nc1-c1ccccc1C(F)(F)F.O=Cc1cc2cccc(Cl)c2nc1Cl. The summed E-state index contributed by atoms with van der Waals surface area (Å²) in [6.07, 6.45) is -3.38. The van der Waals surface area contributed by atoms with Gasteiger partial charge in [-0.05, 0) is 30.3 Å². The van der Waals surface area contributed by atoms with Gasteiger partial charge in [-0.25, -0.2) is 9.97 Å². The van der Waals surface area contributed by atoms with Crippen molar-refractivity contribution in [2.45, 2.75) is 6.18 Å². The minimum atomic E-state index is -4.55. The first-order valence-corrected chi connectivity index (χ1v) is 11.7. The number of carbonyl (C=O) groups excluding carboxylic acids is 2. The monoisotopic (exact) mass is 560 g/mol. The fraction of sp³-hybridized carbons (Fsp3) is 0.0370. The van der Waals surface area contributed by atoms with Crippen LogP contribution < -0.4 is 0 Å². The van der Waals surface area contributed by atoms with Crippen LogP contribution in [0.5, 0.6) is 0 Å². The van der Waals surface area contributed by atoms with Gasteiger partial charge < -0.3 is 0 Å². The minimum absolute atomic E-state index is 0.0338. The van der Waals surface area contributed by atoms with E-state index < -0.39 is 11.7 Å². The van der Waals surface area contributed by atoms with Crippen molar-refractivity contribution in [1.29, 1.82) is 0 Å². The van der Waals surface area contributed by atoms with Gasteiger partial charge in [-0.1, -0.05) is 77.3 Å². The van der Waals surface area contributed by atoms with Gasteiger partial charge in [-0.15, -0.1) is 0 Å². The molecule has 3 aromatic carbocycles. The van der Waals surface area contributed by atoms with Gasteiger partial charge in [-0.2, -0.15) is 13.2 Å². The Kier molecular flexibility index (Phi) is 7.78. The standard InChI is InChI=1S/C17H9ClF3NO.C10H5Cl2NO/c18-14-7-3-4-10-8-11(9-23)15(22-16(10)14)12-5-1-2-6-13(12)17(19,20)21;11-8-3-1-2-6-4-7(5-14)10(12)13-9(6)8/h1-9H;1-5H. The topological polar surface area (TPSA) is 59.9 Å². The Morgan fingerprint density at radius 1 is 0.676 bits per heavy atom. The van der Waals surface area contributed by atoms with E-state index in [1.54, 1.807) is 36.4 Å². The number of pyridine rings is 2. The van der Waals surface area contributed by atoms with Crippen LogP contribution in [0.1, 0.15) is 26.3 Å². The normalized spacial score (nSPS) is 11.2. The fourth-order valence-electron chi connectivity index (χ4n) is 3.66. The highest BCUT2D eigenvalue weighted by Crippen LogP contribution is 2.38. The van der Waals surface area contributed by atoms with Crippen LogP contribution in [-0.2, 0) is 6.18 Å². The second-order valence-electron chi connectivity index (χ2n) is 7.70. The van der Waals surface area contributed by atoms with Crippen molar-refractivity contribution in [1.82, 2.24) is 9.97 Å². The first kappa shape index (κ1) is 26.5. The lowest BCUT2D eigenvalue weighted by atomic mass is 9.99. The Balaban J connectivity index is 0.000000195. The Morgan fingerprint density at radius 3 is 1.78 bits per heavy atom. The Morgan fingerprint density at radius 2 is 1.22 bits per heavy atom. The third-order valence-corrected chi connectivity index (χ3v) is 6.26. The molecule has 0 unspecified atom stereocenters. The summed E-state index contributed by atoms with van der Waals surface area (Å²) in [5, 5.41) is 2.42. The van der Waals surface area contributed by atoms with Gasteiger partial charge >= 0.3 is 6.18 Å². The molecule has 2 aromatic heterocycles. The van der Waals surface area contributed by atoms with Crippen molar-refractivity contribution in [3.63, 3.8) is 0 Å². The molecule has 0 saturated heterocycles. The maximum Gasteiger partial charge on any atom is 0.417 e. The number of rotatable bonds is 3. The summed E-state index contributed by atoms with van der Waals surface area (Å²) in [4.78, 5) is 30.2. The van der Waals surface area contributed by atoms with Gasteiger partial charge in [0, 0.05) is 21.9 Å². The van der Waals surface area contributed by atoms with E-state index in [1.807, 2.05) is 6.07 Å². The number of hydrogen-bond donors (Lipinski definition) is 0.